The van der Waals surface area contributed by atoms with E-state index in [1.54, 1.807) is 17.5 Å². The molecule has 4 rings (SSSR count). The number of aromatic nitrogens is 2. The van der Waals surface area contributed by atoms with Crippen molar-refractivity contribution in [2.45, 2.75) is 0 Å². The first-order chi connectivity index (χ1) is 13.6. The topological polar surface area (TPSA) is 61.4 Å². The van der Waals surface area contributed by atoms with E-state index < -0.39 is 0 Å². The lowest BCUT2D eigenvalue weighted by Crippen LogP contribution is -2.47. The Bertz CT molecular complexity index is 984. The van der Waals surface area contributed by atoms with Crippen molar-refractivity contribution >= 4 is 44.8 Å². The van der Waals surface area contributed by atoms with Gasteiger partial charge in [-0.3, -0.25) is 4.79 Å². The van der Waals surface area contributed by atoms with Crippen LogP contribution in [0.2, 0.25) is 0 Å². The highest BCUT2D eigenvalue weighted by atomic mass is 79.9. The summed E-state index contributed by atoms with van der Waals surface area (Å²) >= 11 is 5.10. The van der Waals surface area contributed by atoms with Gasteiger partial charge in [-0.15, -0.1) is 11.3 Å². The number of thiophene rings is 1. The summed E-state index contributed by atoms with van der Waals surface area (Å²) in [5.41, 5.74) is 2.33. The molecule has 0 radical (unpaired) electrons. The molecular weight excluding hydrogens is 438 g/mol. The fourth-order valence-corrected chi connectivity index (χ4v) is 4.42. The second kappa shape index (κ2) is 8.38. The van der Waals surface area contributed by atoms with E-state index in [2.05, 4.69) is 43.2 Å². The summed E-state index contributed by atoms with van der Waals surface area (Å²) in [6, 6.07) is 13.4. The summed E-state index contributed by atoms with van der Waals surface area (Å²) < 4.78 is 1.06. The highest BCUT2D eigenvalue weighted by Gasteiger charge is 2.20. The fraction of sp³-hybridized carbons (Fsp3) is 0.250. The van der Waals surface area contributed by atoms with Crippen LogP contribution in [-0.4, -0.2) is 58.9 Å². The molecule has 1 aliphatic rings. The number of nitrogens with zero attached hydrogens (tertiary/aromatic N) is 4. The number of likely N-dealkylation sites (N-methyl/N-ethyl adjacent to an activating group) is 1. The van der Waals surface area contributed by atoms with E-state index in [0.29, 0.717) is 11.5 Å². The molecule has 1 fully saturated rings. The molecule has 0 atom stereocenters. The van der Waals surface area contributed by atoms with Crippen molar-refractivity contribution in [1.82, 2.24) is 19.8 Å². The quantitative estimate of drug-likeness (QED) is 0.638. The average Bonchev–Trinajstić information content (AvgIpc) is 3.15. The zero-order chi connectivity index (χ0) is 19.5. The lowest BCUT2D eigenvalue weighted by molar-refractivity contribution is 0.0664. The number of nitrogens with one attached hydrogen (secondary N) is 1. The summed E-state index contributed by atoms with van der Waals surface area (Å²) in [6.07, 6.45) is 1.73. The van der Waals surface area contributed by atoms with Gasteiger partial charge < -0.3 is 15.1 Å². The Morgan fingerprint density at radius 2 is 1.96 bits per heavy atom. The molecule has 6 nitrogen and oxygen atoms in total. The third-order valence-corrected chi connectivity index (χ3v) is 6.28. The second-order valence-corrected chi connectivity index (χ2v) is 9.13. The predicted octanol–water partition coefficient (Wildman–Crippen LogP) is 4.10. The molecule has 8 heteroatoms. The number of carbonyl (C=O) groups is 1. The van der Waals surface area contributed by atoms with Crippen molar-refractivity contribution in [2.24, 2.45) is 0 Å². The van der Waals surface area contributed by atoms with E-state index in [-0.39, 0.29) is 5.91 Å². The molecule has 0 saturated carbocycles. The molecular formula is C20H20BrN5OS. The van der Waals surface area contributed by atoms with Gasteiger partial charge in [0.15, 0.2) is 0 Å². The Hall–Kier alpha value is -2.29. The zero-order valence-corrected chi connectivity index (χ0v) is 17.8. The van der Waals surface area contributed by atoms with Crippen molar-refractivity contribution in [1.29, 1.82) is 0 Å². The van der Waals surface area contributed by atoms with E-state index >= 15 is 0 Å². The van der Waals surface area contributed by atoms with Crippen molar-refractivity contribution in [3.8, 4) is 10.6 Å². The molecule has 0 aliphatic carbocycles. The average molecular weight is 458 g/mol. The van der Waals surface area contributed by atoms with Gasteiger partial charge in [-0.25, -0.2) is 9.97 Å². The zero-order valence-electron chi connectivity index (χ0n) is 15.4. The van der Waals surface area contributed by atoms with Gasteiger partial charge in [0.25, 0.3) is 5.91 Å². The van der Waals surface area contributed by atoms with Crippen LogP contribution in [-0.2, 0) is 0 Å². The van der Waals surface area contributed by atoms with Crippen LogP contribution in [0.1, 0.15) is 10.4 Å². The smallest absolute Gasteiger partial charge is 0.254 e. The van der Waals surface area contributed by atoms with Crippen molar-refractivity contribution in [2.75, 3.05) is 38.5 Å². The van der Waals surface area contributed by atoms with Crippen LogP contribution in [0.15, 0.2) is 52.4 Å². The molecule has 3 heterocycles. The Morgan fingerprint density at radius 1 is 1.14 bits per heavy atom. The van der Waals surface area contributed by atoms with Crippen LogP contribution in [0.25, 0.3) is 10.6 Å². The Labute approximate surface area is 176 Å². The SMILES string of the molecule is CN1CCN(C(=O)c2cccc(Nc3nccc(-c4ccc(Br)s4)n3)c2)CC1. The number of hydrogen-bond acceptors (Lipinski definition) is 6. The molecule has 1 aromatic carbocycles. The Balaban J connectivity index is 1.50. The number of halogens is 1. The molecule has 2 aromatic heterocycles. The Kier molecular flexibility index (Phi) is 5.70. The molecule has 144 valence electrons. The summed E-state index contributed by atoms with van der Waals surface area (Å²) in [5, 5.41) is 3.22. The summed E-state index contributed by atoms with van der Waals surface area (Å²) in [7, 11) is 2.08. The van der Waals surface area contributed by atoms with Gasteiger partial charge in [-0.2, -0.15) is 0 Å². The number of hydrogen-bond donors (Lipinski definition) is 1. The molecule has 3 aromatic rings. The number of piperazine rings is 1. The summed E-state index contributed by atoms with van der Waals surface area (Å²) in [4.78, 5) is 26.9. The maximum absolute atomic E-state index is 12.8. The van der Waals surface area contributed by atoms with Gasteiger partial charge in [-0.05, 0) is 59.4 Å². The maximum Gasteiger partial charge on any atom is 0.254 e. The monoisotopic (exact) mass is 457 g/mol. The minimum atomic E-state index is 0.0647. The minimum absolute atomic E-state index is 0.0647. The van der Waals surface area contributed by atoms with Crippen LogP contribution < -0.4 is 5.32 Å². The Morgan fingerprint density at radius 3 is 2.71 bits per heavy atom. The molecule has 0 bridgehead atoms. The van der Waals surface area contributed by atoms with Crippen LogP contribution in [0.3, 0.4) is 0 Å². The van der Waals surface area contributed by atoms with Crippen LogP contribution in [0.4, 0.5) is 11.6 Å². The van der Waals surface area contributed by atoms with E-state index in [1.807, 2.05) is 47.4 Å². The third kappa shape index (κ3) is 4.40. The number of amides is 1. The van der Waals surface area contributed by atoms with E-state index in [1.165, 1.54) is 0 Å². The molecule has 28 heavy (non-hydrogen) atoms. The van der Waals surface area contributed by atoms with Gasteiger partial charge in [0.2, 0.25) is 5.95 Å². The normalized spacial score (nSPS) is 14.9. The number of carbonyl (C=O) groups excluding carboxylic acids is 1. The predicted molar refractivity (Wildman–Crippen MR) is 116 cm³/mol. The largest absolute Gasteiger partial charge is 0.336 e. The third-order valence-electron chi connectivity index (χ3n) is 4.64. The number of anilines is 2. The molecule has 0 spiro atoms. The lowest BCUT2D eigenvalue weighted by Gasteiger charge is -2.32. The van der Waals surface area contributed by atoms with Crippen LogP contribution in [0, 0.1) is 0 Å². The molecule has 0 unspecified atom stereocenters. The standard InChI is InChI=1S/C20H20BrN5OS/c1-25-9-11-26(12-10-25)19(27)14-3-2-4-15(13-14)23-20-22-8-7-16(24-20)17-5-6-18(21)28-17/h2-8,13H,9-12H2,1H3,(H,22,23,24). The number of rotatable bonds is 4. The number of benzene rings is 1. The highest BCUT2D eigenvalue weighted by Crippen LogP contribution is 2.30. The molecule has 1 saturated heterocycles. The highest BCUT2D eigenvalue weighted by molar-refractivity contribution is 9.11. The lowest BCUT2D eigenvalue weighted by atomic mass is 10.1. The minimum Gasteiger partial charge on any atom is -0.336 e. The first-order valence-electron chi connectivity index (χ1n) is 9.02. The summed E-state index contributed by atoms with van der Waals surface area (Å²) in [5.74, 6) is 0.570. The van der Waals surface area contributed by atoms with E-state index in [4.69, 9.17) is 0 Å². The first-order valence-corrected chi connectivity index (χ1v) is 10.6. The van der Waals surface area contributed by atoms with Gasteiger partial charge in [0, 0.05) is 43.6 Å². The van der Waals surface area contributed by atoms with Gasteiger partial charge in [0.05, 0.1) is 14.4 Å². The van der Waals surface area contributed by atoms with Crippen molar-refractivity contribution < 1.29 is 4.79 Å². The van der Waals surface area contributed by atoms with Crippen molar-refractivity contribution in [3.63, 3.8) is 0 Å². The van der Waals surface area contributed by atoms with E-state index in [0.717, 1.165) is 46.2 Å². The molecule has 1 aliphatic heterocycles. The van der Waals surface area contributed by atoms with E-state index in [9.17, 15) is 4.79 Å². The molecule has 1 amide bonds. The van der Waals surface area contributed by atoms with Gasteiger partial charge in [-0.1, -0.05) is 6.07 Å². The second-order valence-electron chi connectivity index (χ2n) is 6.67. The van der Waals surface area contributed by atoms with Gasteiger partial charge in [0.1, 0.15) is 0 Å². The molecule has 1 N–H and O–H groups in total. The van der Waals surface area contributed by atoms with Crippen LogP contribution >= 0.6 is 27.3 Å². The maximum atomic E-state index is 12.8. The fourth-order valence-electron chi connectivity index (χ4n) is 3.06. The van der Waals surface area contributed by atoms with Crippen molar-refractivity contribution in [3.05, 3.63) is 58.0 Å². The summed E-state index contributed by atoms with van der Waals surface area (Å²) in [6.45, 7) is 3.33. The van der Waals surface area contributed by atoms with Crippen LogP contribution in [0.5, 0.6) is 0 Å². The first kappa shape index (κ1) is 19.0. The van der Waals surface area contributed by atoms with Gasteiger partial charge >= 0.3 is 0 Å².